The van der Waals surface area contributed by atoms with E-state index in [1.54, 1.807) is 0 Å². The first kappa shape index (κ1) is 10.8. The van der Waals surface area contributed by atoms with Crippen LogP contribution in [0.4, 0.5) is 5.69 Å². The Bertz CT molecular complexity index is 645. The molecular formula is C13H13N3O2. The fourth-order valence-corrected chi connectivity index (χ4v) is 2.44. The summed E-state index contributed by atoms with van der Waals surface area (Å²) in [4.78, 5) is 26.1. The van der Waals surface area contributed by atoms with Crippen molar-refractivity contribution in [3.63, 3.8) is 0 Å². The Morgan fingerprint density at radius 1 is 1.28 bits per heavy atom. The molecule has 5 heteroatoms. The van der Waals surface area contributed by atoms with Crippen LogP contribution in [0.15, 0.2) is 24.4 Å². The number of piperidine rings is 1. The van der Waals surface area contributed by atoms with E-state index in [0.717, 1.165) is 16.5 Å². The highest BCUT2D eigenvalue weighted by atomic mass is 16.2. The molecule has 3 rings (SSSR count). The molecule has 1 aromatic heterocycles. The maximum absolute atomic E-state index is 11.8. The number of fused-ring (bicyclic) bond motifs is 1. The Morgan fingerprint density at radius 3 is 2.89 bits per heavy atom. The first-order chi connectivity index (χ1) is 8.65. The normalized spacial score (nSPS) is 20.1. The van der Waals surface area contributed by atoms with Gasteiger partial charge in [0.25, 0.3) is 0 Å². The molecule has 0 aliphatic carbocycles. The molecule has 1 aromatic carbocycles. The Morgan fingerprint density at radius 2 is 2.11 bits per heavy atom. The number of nitrogens with one attached hydrogen (secondary N) is 2. The number of amides is 2. The van der Waals surface area contributed by atoms with Gasteiger partial charge in [-0.05, 0) is 24.1 Å². The predicted octanol–water partition coefficient (Wildman–Crippen LogP) is 1.27. The number of aromatic nitrogens is 1. The van der Waals surface area contributed by atoms with Crippen molar-refractivity contribution in [3.8, 4) is 0 Å². The SMILES string of the molecule is Nc1ccc2c(C3CCC(=O)NC3=O)c[nH]c2c1. The molecule has 1 fully saturated rings. The number of aromatic amines is 1. The molecule has 1 atom stereocenters. The quantitative estimate of drug-likeness (QED) is 0.520. The number of benzene rings is 1. The molecule has 4 N–H and O–H groups in total. The molecule has 0 radical (unpaired) electrons. The fraction of sp³-hybridized carbons (Fsp3) is 0.231. The summed E-state index contributed by atoms with van der Waals surface area (Å²) in [5, 5.41) is 3.36. The second kappa shape index (κ2) is 3.87. The van der Waals surface area contributed by atoms with E-state index in [4.69, 9.17) is 5.73 Å². The Labute approximate surface area is 103 Å². The molecule has 0 saturated carbocycles. The van der Waals surface area contributed by atoms with E-state index in [9.17, 15) is 9.59 Å². The van der Waals surface area contributed by atoms with Crippen molar-refractivity contribution in [1.82, 2.24) is 10.3 Å². The third kappa shape index (κ3) is 1.64. The van der Waals surface area contributed by atoms with Gasteiger partial charge in [-0.15, -0.1) is 0 Å². The van der Waals surface area contributed by atoms with Gasteiger partial charge in [-0.1, -0.05) is 6.07 Å². The van der Waals surface area contributed by atoms with E-state index < -0.39 is 0 Å². The number of carbonyl (C=O) groups is 2. The van der Waals surface area contributed by atoms with Crippen LogP contribution in [0.3, 0.4) is 0 Å². The highest BCUT2D eigenvalue weighted by molar-refractivity contribution is 6.03. The van der Waals surface area contributed by atoms with Gasteiger partial charge in [0.1, 0.15) is 0 Å². The van der Waals surface area contributed by atoms with Gasteiger partial charge in [-0.3, -0.25) is 14.9 Å². The minimum Gasteiger partial charge on any atom is -0.399 e. The number of hydrogen-bond acceptors (Lipinski definition) is 3. The largest absolute Gasteiger partial charge is 0.399 e. The zero-order valence-electron chi connectivity index (χ0n) is 9.69. The molecule has 18 heavy (non-hydrogen) atoms. The molecule has 2 amide bonds. The average molecular weight is 243 g/mol. The van der Waals surface area contributed by atoms with Crippen molar-refractivity contribution in [1.29, 1.82) is 0 Å². The van der Waals surface area contributed by atoms with Crippen molar-refractivity contribution >= 4 is 28.4 Å². The highest BCUT2D eigenvalue weighted by Crippen LogP contribution is 2.31. The summed E-state index contributed by atoms with van der Waals surface area (Å²) < 4.78 is 0. The molecule has 5 nitrogen and oxygen atoms in total. The van der Waals surface area contributed by atoms with E-state index in [1.807, 2.05) is 24.4 Å². The minimum atomic E-state index is -0.264. The van der Waals surface area contributed by atoms with Crippen LogP contribution in [0.1, 0.15) is 24.3 Å². The second-order valence-corrected chi connectivity index (χ2v) is 4.55. The van der Waals surface area contributed by atoms with E-state index >= 15 is 0 Å². The Balaban J connectivity index is 2.04. The van der Waals surface area contributed by atoms with Crippen LogP contribution in [-0.2, 0) is 9.59 Å². The van der Waals surface area contributed by atoms with Gasteiger partial charge < -0.3 is 10.7 Å². The summed E-state index contributed by atoms with van der Waals surface area (Å²) in [6.07, 6.45) is 2.77. The van der Waals surface area contributed by atoms with E-state index in [0.29, 0.717) is 18.5 Å². The van der Waals surface area contributed by atoms with Crippen molar-refractivity contribution in [2.45, 2.75) is 18.8 Å². The van der Waals surface area contributed by atoms with Crippen LogP contribution in [-0.4, -0.2) is 16.8 Å². The number of hydrogen-bond donors (Lipinski definition) is 3. The predicted molar refractivity (Wildman–Crippen MR) is 67.8 cm³/mol. The summed E-state index contributed by atoms with van der Waals surface area (Å²) in [6.45, 7) is 0. The lowest BCUT2D eigenvalue weighted by Crippen LogP contribution is -2.39. The van der Waals surface area contributed by atoms with Gasteiger partial charge in [0.2, 0.25) is 11.8 Å². The van der Waals surface area contributed by atoms with Gasteiger partial charge in [0.15, 0.2) is 0 Å². The molecule has 1 unspecified atom stereocenters. The Kier molecular flexibility index (Phi) is 2.33. The van der Waals surface area contributed by atoms with Crippen LogP contribution < -0.4 is 11.1 Å². The summed E-state index contributed by atoms with van der Waals surface area (Å²) in [6, 6.07) is 5.55. The molecule has 2 heterocycles. The highest BCUT2D eigenvalue weighted by Gasteiger charge is 2.29. The number of nitrogen functional groups attached to an aromatic ring is 1. The number of rotatable bonds is 1. The molecule has 92 valence electrons. The fourth-order valence-electron chi connectivity index (χ4n) is 2.44. The monoisotopic (exact) mass is 243 g/mol. The third-order valence-electron chi connectivity index (χ3n) is 3.35. The Hall–Kier alpha value is -2.30. The first-order valence-corrected chi connectivity index (χ1v) is 5.85. The average Bonchev–Trinajstić information content (AvgIpc) is 2.72. The second-order valence-electron chi connectivity index (χ2n) is 4.55. The number of anilines is 1. The maximum atomic E-state index is 11.8. The van der Waals surface area contributed by atoms with Gasteiger partial charge in [-0.25, -0.2) is 0 Å². The smallest absolute Gasteiger partial charge is 0.234 e. The zero-order valence-corrected chi connectivity index (χ0v) is 9.69. The topological polar surface area (TPSA) is 88.0 Å². The van der Waals surface area contributed by atoms with Crippen LogP contribution in [0.25, 0.3) is 10.9 Å². The molecule has 1 aliphatic heterocycles. The van der Waals surface area contributed by atoms with Gasteiger partial charge in [0, 0.05) is 29.2 Å². The standard InChI is InChI=1S/C13H13N3O2/c14-7-1-2-8-10(6-15-11(8)5-7)9-3-4-12(17)16-13(9)18/h1-2,5-6,9,15H,3-4,14H2,(H,16,17,18). The van der Waals surface area contributed by atoms with Gasteiger partial charge in [-0.2, -0.15) is 0 Å². The van der Waals surface area contributed by atoms with Gasteiger partial charge >= 0.3 is 0 Å². The number of carbonyl (C=O) groups excluding carboxylic acids is 2. The molecular weight excluding hydrogens is 230 g/mol. The summed E-state index contributed by atoms with van der Waals surface area (Å²) >= 11 is 0. The number of H-pyrrole nitrogens is 1. The van der Waals surface area contributed by atoms with Gasteiger partial charge in [0.05, 0.1) is 5.92 Å². The zero-order chi connectivity index (χ0) is 12.7. The first-order valence-electron chi connectivity index (χ1n) is 5.85. The van der Waals surface area contributed by atoms with Crippen LogP contribution in [0.5, 0.6) is 0 Å². The lowest BCUT2D eigenvalue weighted by Gasteiger charge is -2.20. The van der Waals surface area contributed by atoms with Crippen molar-refractivity contribution < 1.29 is 9.59 Å². The third-order valence-corrected chi connectivity index (χ3v) is 3.35. The minimum absolute atomic E-state index is 0.194. The van der Waals surface area contributed by atoms with Crippen LogP contribution >= 0.6 is 0 Å². The molecule has 1 saturated heterocycles. The van der Waals surface area contributed by atoms with Crippen LogP contribution in [0, 0.1) is 0 Å². The molecule has 2 aromatic rings. The molecule has 1 aliphatic rings. The number of nitrogens with two attached hydrogens (primary N) is 1. The summed E-state index contributed by atoms with van der Waals surface area (Å²) in [5.41, 5.74) is 8.23. The molecule has 0 bridgehead atoms. The lowest BCUT2D eigenvalue weighted by molar-refractivity contribution is -0.134. The summed E-state index contributed by atoms with van der Waals surface area (Å²) in [5.74, 6) is -0.676. The van der Waals surface area contributed by atoms with E-state index in [1.165, 1.54) is 0 Å². The summed E-state index contributed by atoms with van der Waals surface area (Å²) in [7, 11) is 0. The maximum Gasteiger partial charge on any atom is 0.234 e. The van der Waals surface area contributed by atoms with E-state index in [2.05, 4.69) is 10.3 Å². The van der Waals surface area contributed by atoms with Crippen molar-refractivity contribution in [3.05, 3.63) is 30.0 Å². The van der Waals surface area contributed by atoms with Crippen molar-refractivity contribution in [2.75, 3.05) is 5.73 Å². The lowest BCUT2D eigenvalue weighted by atomic mass is 9.90. The number of imide groups is 1. The molecule has 0 spiro atoms. The van der Waals surface area contributed by atoms with E-state index in [-0.39, 0.29) is 17.7 Å². The van der Waals surface area contributed by atoms with Crippen LogP contribution in [0.2, 0.25) is 0 Å². The van der Waals surface area contributed by atoms with Crippen molar-refractivity contribution in [2.24, 2.45) is 0 Å².